The fraction of sp³-hybridized carbons (Fsp3) is 0.541. The second kappa shape index (κ2) is 21.5. The third-order valence-electron chi connectivity index (χ3n) is 10.3. The number of para-hydroxylation sites is 1. The molecule has 4 rings (SSSR count). The second-order valence-corrected chi connectivity index (χ2v) is 15.0. The lowest BCUT2D eigenvalue weighted by Crippen LogP contribution is -2.61. The lowest BCUT2D eigenvalue weighted by atomic mass is 10.0. The smallest absolute Gasteiger partial charge is 0.328 e. The molecule has 2 fully saturated rings. The van der Waals surface area contributed by atoms with Gasteiger partial charge in [0.1, 0.15) is 42.3 Å². The summed E-state index contributed by atoms with van der Waals surface area (Å²) in [5.74, 6) is -9.96. The first kappa shape index (κ1) is 48.4. The Morgan fingerprint density at radius 3 is 1.73 bits per heavy atom. The molecule has 1 aromatic carbocycles. The number of nitrogens with two attached hydrogens (primary N) is 2. The summed E-state index contributed by atoms with van der Waals surface area (Å²) < 4.78 is 0. The number of nitrogens with zero attached hydrogens (tertiary/aromatic N) is 2. The monoisotopic (exact) mass is 876 g/mol. The molecule has 2 saturated heterocycles. The van der Waals surface area contributed by atoms with E-state index in [0.717, 1.165) is 9.80 Å². The zero-order valence-corrected chi connectivity index (χ0v) is 33.4. The van der Waals surface area contributed by atoms with Crippen LogP contribution < -0.4 is 38.1 Å². The zero-order chi connectivity index (χ0) is 46.0. The maximum atomic E-state index is 13.8. The number of H-pyrrole nitrogens is 1. The topological polar surface area (TPSA) is 409 Å². The predicted molar refractivity (Wildman–Crippen MR) is 210 cm³/mol. The lowest BCUT2D eigenvalue weighted by Gasteiger charge is -2.30. The van der Waals surface area contributed by atoms with E-state index in [-0.39, 0.29) is 25.8 Å². The molecule has 25 nitrogen and oxygen atoms in total. The number of aromatic nitrogens is 1. The highest BCUT2D eigenvalue weighted by Crippen LogP contribution is 2.23. The summed E-state index contributed by atoms with van der Waals surface area (Å²) in [5, 5.41) is 71.6. The standard InChI is InChI=1S/C37H52N10O15/c1-16(38)35(59)46-11-18(51)7-27(46)34(58)43-24(13-48)32(56)41-23(9-29(39)53)31(55)44-25(14-49)36(60)47-12-19(52)8-28(47)33(57)42-22(30(54)45-26(15-50)37(61)62)6-17-10-40-21-5-3-2-4-20(17)21/h2-5,10,16,18-19,22-28,40,48-52H,6-9,11-15,38H2,1H3,(H2,39,53)(H,41,56)(H,42,57)(H,43,58)(H,44,55)(H,45,54)(H,61,62)/t16-,18+,19+,22-,23-,24-,25-,26-,27-,28-/m0/s1. The van der Waals surface area contributed by atoms with Crippen molar-refractivity contribution in [1.82, 2.24) is 41.4 Å². The van der Waals surface area contributed by atoms with Gasteiger partial charge in [0.2, 0.25) is 47.3 Å². The van der Waals surface area contributed by atoms with Gasteiger partial charge >= 0.3 is 5.97 Å². The van der Waals surface area contributed by atoms with Crippen LogP contribution in [0, 0.1) is 0 Å². The van der Waals surface area contributed by atoms with Gasteiger partial charge in [-0.1, -0.05) is 18.2 Å². The van der Waals surface area contributed by atoms with Gasteiger partial charge in [0.25, 0.3) is 0 Å². The highest BCUT2D eigenvalue weighted by molar-refractivity contribution is 5.99. The van der Waals surface area contributed by atoms with Crippen molar-refractivity contribution in [3.8, 4) is 0 Å². The Morgan fingerprint density at radius 2 is 1.19 bits per heavy atom. The molecule has 0 bridgehead atoms. The fourth-order valence-corrected chi connectivity index (χ4v) is 7.13. The molecule has 0 unspecified atom stereocenters. The molecular formula is C37H52N10O15. The Balaban J connectivity index is 1.48. The minimum atomic E-state index is -1.88. The van der Waals surface area contributed by atoms with E-state index in [2.05, 4.69) is 31.6 Å². The number of amides is 8. The number of carbonyl (C=O) groups excluding carboxylic acids is 8. The summed E-state index contributed by atoms with van der Waals surface area (Å²) in [7, 11) is 0. The summed E-state index contributed by atoms with van der Waals surface area (Å²) in [5.41, 5.74) is 12.2. The van der Waals surface area contributed by atoms with Crippen LogP contribution >= 0.6 is 0 Å². The number of rotatable bonds is 20. The van der Waals surface area contributed by atoms with Crippen molar-refractivity contribution in [2.24, 2.45) is 11.5 Å². The van der Waals surface area contributed by atoms with Crippen LogP contribution in [-0.4, -0.2) is 192 Å². The summed E-state index contributed by atoms with van der Waals surface area (Å²) in [4.78, 5) is 122. The van der Waals surface area contributed by atoms with Gasteiger partial charge in [-0.25, -0.2) is 4.79 Å². The van der Waals surface area contributed by atoms with Gasteiger partial charge in [-0.3, -0.25) is 38.4 Å². The van der Waals surface area contributed by atoms with E-state index in [9.17, 15) is 73.8 Å². The first-order valence-electron chi connectivity index (χ1n) is 19.4. The van der Waals surface area contributed by atoms with E-state index in [4.69, 9.17) is 11.5 Å². The van der Waals surface area contributed by atoms with Gasteiger partial charge in [-0.2, -0.15) is 0 Å². The number of carbonyl (C=O) groups is 9. The quantitative estimate of drug-likeness (QED) is 0.0587. The molecule has 2 aliphatic heterocycles. The van der Waals surface area contributed by atoms with Crippen LogP contribution in [0.25, 0.3) is 10.9 Å². The van der Waals surface area contributed by atoms with Crippen molar-refractivity contribution in [2.45, 2.75) is 93.1 Å². The number of aliphatic carboxylic acids is 1. The van der Waals surface area contributed by atoms with Crippen LogP contribution in [-0.2, 0) is 49.6 Å². The lowest BCUT2D eigenvalue weighted by molar-refractivity contribution is -0.144. The summed E-state index contributed by atoms with van der Waals surface area (Å²) in [6, 6.07) is -5.64. The molecule has 2 aliphatic rings. The van der Waals surface area contributed by atoms with E-state index in [0.29, 0.717) is 16.5 Å². The van der Waals surface area contributed by atoms with Gasteiger partial charge in [0.15, 0.2) is 0 Å². The molecule has 10 atom stereocenters. The number of hydrogen-bond donors (Lipinski definition) is 14. The molecule has 2 aromatic rings. The molecule has 1 aromatic heterocycles. The SMILES string of the molecule is C[C@H](N)C(=O)N1C[C@H](O)C[C@H]1C(=O)N[C@@H](CO)C(=O)N[C@@H](CC(N)=O)C(=O)N[C@@H](CO)C(=O)N1C[C@H](O)C[C@H]1C(=O)N[C@@H](Cc1c[nH]c2ccccc12)C(=O)N[C@@H](CO)C(=O)O. The molecule has 0 saturated carbocycles. The number of aromatic amines is 1. The number of aliphatic hydroxyl groups is 5. The molecule has 8 amide bonds. The Labute approximate surface area is 352 Å². The van der Waals surface area contributed by atoms with Crippen molar-refractivity contribution in [1.29, 1.82) is 0 Å². The highest BCUT2D eigenvalue weighted by Gasteiger charge is 2.44. The second-order valence-electron chi connectivity index (χ2n) is 15.0. The Hall–Kier alpha value is -6.25. The predicted octanol–water partition coefficient (Wildman–Crippen LogP) is -7.66. The van der Waals surface area contributed by atoms with Crippen molar-refractivity contribution in [3.63, 3.8) is 0 Å². The van der Waals surface area contributed by atoms with Crippen molar-refractivity contribution in [2.75, 3.05) is 32.9 Å². The molecule has 62 heavy (non-hydrogen) atoms. The van der Waals surface area contributed by atoms with Gasteiger partial charge in [-0.05, 0) is 18.6 Å². The average molecular weight is 877 g/mol. The Morgan fingerprint density at radius 1 is 0.710 bits per heavy atom. The first-order chi connectivity index (χ1) is 29.3. The highest BCUT2D eigenvalue weighted by atomic mass is 16.4. The molecular weight excluding hydrogens is 824 g/mol. The maximum absolute atomic E-state index is 13.8. The number of benzene rings is 1. The van der Waals surface area contributed by atoms with Gasteiger partial charge < -0.3 is 83.5 Å². The van der Waals surface area contributed by atoms with Crippen molar-refractivity contribution in [3.05, 3.63) is 36.0 Å². The number of fused-ring (bicyclic) bond motifs is 1. The number of likely N-dealkylation sites (tertiary alicyclic amines) is 2. The molecule has 25 heteroatoms. The van der Waals surface area contributed by atoms with Crippen molar-refractivity contribution < 1.29 is 73.8 Å². The number of primary amides is 1. The molecule has 0 aliphatic carbocycles. The van der Waals surface area contributed by atoms with Crippen LogP contribution in [0.2, 0.25) is 0 Å². The van der Waals surface area contributed by atoms with E-state index in [1.54, 1.807) is 30.5 Å². The Kier molecular flexibility index (Phi) is 16.8. The van der Waals surface area contributed by atoms with Gasteiger partial charge in [-0.15, -0.1) is 0 Å². The zero-order valence-electron chi connectivity index (χ0n) is 33.4. The number of carboxylic acid groups (broad SMARTS) is 1. The van der Waals surface area contributed by atoms with Crippen LogP contribution in [0.15, 0.2) is 30.5 Å². The van der Waals surface area contributed by atoms with E-state index in [1.807, 2.05) is 0 Å². The van der Waals surface area contributed by atoms with Crippen LogP contribution in [0.5, 0.6) is 0 Å². The maximum Gasteiger partial charge on any atom is 0.328 e. The third kappa shape index (κ3) is 12.0. The van der Waals surface area contributed by atoms with Crippen molar-refractivity contribution >= 4 is 64.1 Å². The van der Waals surface area contributed by atoms with E-state index in [1.165, 1.54) is 6.92 Å². The number of nitrogens with one attached hydrogen (secondary N) is 6. The third-order valence-corrected chi connectivity index (χ3v) is 10.3. The molecule has 16 N–H and O–H groups in total. The summed E-state index contributed by atoms with van der Waals surface area (Å²) >= 11 is 0. The van der Waals surface area contributed by atoms with Gasteiger partial charge in [0.05, 0.1) is 44.5 Å². The Bertz CT molecular complexity index is 2010. The van der Waals surface area contributed by atoms with E-state index >= 15 is 0 Å². The number of β-amino-alcohol motifs (C(OH)–C–C–N with tert-alkyl or cyclic N) is 2. The number of carboxylic acids is 1. The van der Waals surface area contributed by atoms with Crippen LogP contribution in [0.4, 0.5) is 0 Å². The number of hydrogen-bond acceptors (Lipinski definition) is 15. The largest absolute Gasteiger partial charge is 0.480 e. The molecule has 0 radical (unpaired) electrons. The normalized spacial score (nSPS) is 21.5. The van der Waals surface area contributed by atoms with Crippen LogP contribution in [0.3, 0.4) is 0 Å². The van der Waals surface area contributed by atoms with Gasteiger partial charge in [0, 0.05) is 49.5 Å². The molecule has 340 valence electrons. The molecule has 3 heterocycles. The fourth-order valence-electron chi connectivity index (χ4n) is 7.13. The average Bonchev–Trinajstić information content (AvgIpc) is 3.95. The van der Waals surface area contributed by atoms with Crippen LogP contribution in [0.1, 0.15) is 31.7 Å². The number of aliphatic hydroxyl groups excluding tert-OH is 5. The summed E-state index contributed by atoms with van der Waals surface area (Å²) in [6.07, 6.45) is -2.55. The van der Waals surface area contributed by atoms with E-state index < -0.39 is 147 Å². The first-order valence-corrected chi connectivity index (χ1v) is 19.4. The minimum absolute atomic E-state index is 0.207. The minimum Gasteiger partial charge on any atom is -0.480 e. The molecule has 0 spiro atoms. The summed E-state index contributed by atoms with van der Waals surface area (Å²) in [6.45, 7) is -2.52.